The number of aromatic nitrogens is 3. The van der Waals surface area contributed by atoms with E-state index in [2.05, 4.69) is 10.2 Å². The Morgan fingerprint density at radius 3 is 2.96 bits per heavy atom. The van der Waals surface area contributed by atoms with Crippen molar-refractivity contribution in [3.63, 3.8) is 0 Å². The molecule has 2 heterocycles. The van der Waals surface area contributed by atoms with Gasteiger partial charge in [0.2, 0.25) is 5.91 Å². The van der Waals surface area contributed by atoms with Gasteiger partial charge in [-0.1, -0.05) is 18.2 Å². The molecule has 1 amide bonds. The molecule has 0 saturated carbocycles. The average molecular weight is 314 g/mol. The molecule has 1 saturated heterocycles. The molecule has 6 heteroatoms. The summed E-state index contributed by atoms with van der Waals surface area (Å²) in [6.45, 7) is 1.52. The lowest BCUT2D eigenvalue weighted by Gasteiger charge is -2.32. The van der Waals surface area contributed by atoms with Crippen LogP contribution in [0.2, 0.25) is 0 Å². The fourth-order valence-corrected chi connectivity index (χ4v) is 3.20. The summed E-state index contributed by atoms with van der Waals surface area (Å²) in [6.07, 6.45) is 4.13. The first-order chi connectivity index (χ1) is 11.2. The summed E-state index contributed by atoms with van der Waals surface area (Å²) in [4.78, 5) is 14.6. The standard InChI is InChI=1S/C17H22N4O2/c1-20-12-18-19-17(20)14-7-5-9-21(11-14)16(22)10-13-6-3-4-8-15(13)23-2/h3-4,6,8,12,14H,5,7,9-11H2,1-2H3. The zero-order chi connectivity index (χ0) is 16.2. The van der Waals surface area contributed by atoms with Crippen LogP contribution in [0.4, 0.5) is 0 Å². The molecular weight excluding hydrogens is 292 g/mol. The van der Waals surface area contributed by atoms with Gasteiger partial charge >= 0.3 is 0 Å². The van der Waals surface area contributed by atoms with Crippen LogP contribution >= 0.6 is 0 Å². The Morgan fingerprint density at radius 1 is 1.39 bits per heavy atom. The van der Waals surface area contributed by atoms with Gasteiger partial charge in [0.25, 0.3) is 0 Å². The lowest BCUT2D eigenvalue weighted by molar-refractivity contribution is -0.131. The van der Waals surface area contributed by atoms with Crippen molar-refractivity contribution in [1.82, 2.24) is 19.7 Å². The number of para-hydroxylation sites is 1. The highest BCUT2D eigenvalue weighted by Crippen LogP contribution is 2.26. The van der Waals surface area contributed by atoms with Gasteiger partial charge in [-0.15, -0.1) is 10.2 Å². The zero-order valence-corrected chi connectivity index (χ0v) is 13.6. The molecule has 1 aromatic heterocycles. The highest BCUT2D eigenvalue weighted by atomic mass is 16.5. The van der Waals surface area contributed by atoms with Crippen LogP contribution in [0.1, 0.15) is 30.1 Å². The fraction of sp³-hybridized carbons (Fsp3) is 0.471. The second-order valence-corrected chi connectivity index (χ2v) is 5.97. The van der Waals surface area contributed by atoms with E-state index in [1.54, 1.807) is 13.4 Å². The summed E-state index contributed by atoms with van der Waals surface area (Å²) in [6, 6.07) is 7.68. The highest BCUT2D eigenvalue weighted by molar-refractivity contribution is 5.79. The molecule has 0 N–H and O–H groups in total. The van der Waals surface area contributed by atoms with Crippen LogP contribution in [-0.4, -0.2) is 45.8 Å². The van der Waals surface area contributed by atoms with Crippen LogP contribution in [0.25, 0.3) is 0 Å². The maximum absolute atomic E-state index is 12.7. The van der Waals surface area contributed by atoms with Gasteiger partial charge in [-0.3, -0.25) is 4.79 Å². The molecule has 1 aliphatic heterocycles. The van der Waals surface area contributed by atoms with E-state index in [0.29, 0.717) is 13.0 Å². The Bertz CT molecular complexity index is 683. The number of nitrogens with zero attached hydrogens (tertiary/aromatic N) is 4. The SMILES string of the molecule is COc1ccccc1CC(=O)N1CCCC(c2nncn2C)C1. The third kappa shape index (κ3) is 3.36. The van der Waals surface area contributed by atoms with E-state index >= 15 is 0 Å². The second kappa shape index (κ2) is 6.81. The Hall–Kier alpha value is -2.37. The molecule has 23 heavy (non-hydrogen) atoms. The van der Waals surface area contributed by atoms with Crippen molar-refractivity contribution < 1.29 is 9.53 Å². The molecule has 3 rings (SSSR count). The summed E-state index contributed by atoms with van der Waals surface area (Å²) < 4.78 is 7.28. The summed E-state index contributed by atoms with van der Waals surface area (Å²) in [5.74, 6) is 2.13. The number of amides is 1. The van der Waals surface area contributed by atoms with Crippen molar-refractivity contribution in [1.29, 1.82) is 0 Å². The molecule has 1 fully saturated rings. The third-order valence-corrected chi connectivity index (χ3v) is 4.42. The largest absolute Gasteiger partial charge is 0.496 e. The summed E-state index contributed by atoms with van der Waals surface area (Å²) in [5.41, 5.74) is 0.931. The molecule has 1 atom stereocenters. The molecule has 1 unspecified atom stereocenters. The van der Waals surface area contributed by atoms with Crippen LogP contribution in [-0.2, 0) is 18.3 Å². The Labute approximate surface area is 136 Å². The van der Waals surface area contributed by atoms with E-state index < -0.39 is 0 Å². The van der Waals surface area contributed by atoms with Crippen LogP contribution < -0.4 is 4.74 Å². The first kappa shape index (κ1) is 15.5. The molecule has 0 spiro atoms. The van der Waals surface area contributed by atoms with Crippen molar-refractivity contribution in [2.45, 2.75) is 25.2 Å². The maximum Gasteiger partial charge on any atom is 0.227 e. The Kier molecular flexibility index (Phi) is 4.60. The van der Waals surface area contributed by atoms with Crippen molar-refractivity contribution in [3.05, 3.63) is 42.0 Å². The molecule has 2 aromatic rings. The van der Waals surface area contributed by atoms with Gasteiger partial charge < -0.3 is 14.2 Å². The molecule has 122 valence electrons. The normalized spacial score (nSPS) is 18.0. The molecule has 0 radical (unpaired) electrons. The number of ether oxygens (including phenoxy) is 1. The predicted molar refractivity (Wildman–Crippen MR) is 86.3 cm³/mol. The van der Waals surface area contributed by atoms with Gasteiger partial charge in [-0.2, -0.15) is 0 Å². The van der Waals surface area contributed by atoms with Gasteiger partial charge in [-0.25, -0.2) is 0 Å². The molecular formula is C17H22N4O2. The maximum atomic E-state index is 12.7. The lowest BCUT2D eigenvalue weighted by Crippen LogP contribution is -2.40. The number of carbonyl (C=O) groups is 1. The molecule has 1 aliphatic rings. The number of rotatable bonds is 4. The number of piperidine rings is 1. The quantitative estimate of drug-likeness (QED) is 0.863. The van der Waals surface area contributed by atoms with Gasteiger partial charge in [0.1, 0.15) is 17.9 Å². The number of benzene rings is 1. The van der Waals surface area contributed by atoms with E-state index in [1.165, 1.54) is 0 Å². The summed E-state index contributed by atoms with van der Waals surface area (Å²) in [7, 11) is 3.58. The number of hydrogen-bond donors (Lipinski definition) is 0. The number of aryl methyl sites for hydroxylation is 1. The second-order valence-electron chi connectivity index (χ2n) is 5.97. The van der Waals surface area contributed by atoms with Crippen LogP contribution in [0.5, 0.6) is 5.75 Å². The molecule has 0 bridgehead atoms. The number of hydrogen-bond acceptors (Lipinski definition) is 4. The smallest absolute Gasteiger partial charge is 0.227 e. The van der Waals surface area contributed by atoms with E-state index in [4.69, 9.17) is 4.74 Å². The van der Waals surface area contributed by atoms with E-state index in [9.17, 15) is 4.79 Å². The van der Waals surface area contributed by atoms with E-state index in [-0.39, 0.29) is 11.8 Å². The minimum Gasteiger partial charge on any atom is -0.496 e. The fourth-order valence-electron chi connectivity index (χ4n) is 3.20. The molecule has 1 aromatic carbocycles. The van der Waals surface area contributed by atoms with Crippen molar-refractivity contribution in [2.75, 3.05) is 20.2 Å². The van der Waals surface area contributed by atoms with Gasteiger partial charge in [0.15, 0.2) is 0 Å². The number of methoxy groups -OCH3 is 1. The van der Waals surface area contributed by atoms with Crippen molar-refractivity contribution in [3.8, 4) is 5.75 Å². The minimum absolute atomic E-state index is 0.140. The zero-order valence-electron chi connectivity index (χ0n) is 13.6. The monoisotopic (exact) mass is 314 g/mol. The van der Waals surface area contributed by atoms with Crippen molar-refractivity contribution in [2.24, 2.45) is 7.05 Å². The third-order valence-electron chi connectivity index (χ3n) is 4.42. The molecule has 0 aliphatic carbocycles. The minimum atomic E-state index is 0.140. The predicted octanol–water partition coefficient (Wildman–Crippen LogP) is 1.77. The van der Waals surface area contributed by atoms with Crippen LogP contribution in [0.15, 0.2) is 30.6 Å². The Morgan fingerprint density at radius 2 is 2.22 bits per heavy atom. The topological polar surface area (TPSA) is 60.2 Å². The van der Waals surface area contributed by atoms with Crippen molar-refractivity contribution >= 4 is 5.91 Å². The summed E-state index contributed by atoms with van der Waals surface area (Å²) >= 11 is 0. The lowest BCUT2D eigenvalue weighted by atomic mass is 9.96. The summed E-state index contributed by atoms with van der Waals surface area (Å²) in [5, 5.41) is 8.15. The number of carbonyl (C=O) groups excluding carboxylic acids is 1. The van der Waals surface area contributed by atoms with Crippen LogP contribution in [0.3, 0.4) is 0 Å². The van der Waals surface area contributed by atoms with E-state index in [0.717, 1.165) is 36.5 Å². The van der Waals surface area contributed by atoms with E-state index in [1.807, 2.05) is 40.8 Å². The first-order valence-corrected chi connectivity index (χ1v) is 7.92. The number of likely N-dealkylation sites (tertiary alicyclic amines) is 1. The first-order valence-electron chi connectivity index (χ1n) is 7.92. The van der Waals surface area contributed by atoms with Gasteiger partial charge in [0, 0.05) is 31.6 Å². The molecule has 6 nitrogen and oxygen atoms in total. The van der Waals surface area contributed by atoms with Crippen LogP contribution in [0, 0.1) is 0 Å². The average Bonchev–Trinajstić information content (AvgIpc) is 3.01. The van der Waals surface area contributed by atoms with Gasteiger partial charge in [0.05, 0.1) is 13.5 Å². The highest BCUT2D eigenvalue weighted by Gasteiger charge is 2.27. The van der Waals surface area contributed by atoms with Gasteiger partial charge in [-0.05, 0) is 18.9 Å². The Balaban J connectivity index is 1.69.